The fourth-order valence-electron chi connectivity index (χ4n) is 4.23. The molecule has 0 bridgehead atoms. The highest BCUT2D eigenvalue weighted by Crippen LogP contribution is 2.26. The molecular formula is C24H27N3O. The molecule has 4 heteroatoms. The highest BCUT2D eigenvalue weighted by Gasteiger charge is 2.24. The summed E-state index contributed by atoms with van der Waals surface area (Å²) < 4.78 is 0. The van der Waals surface area contributed by atoms with Crippen LogP contribution in [-0.2, 0) is 11.2 Å². The average molecular weight is 374 g/mol. The molecule has 1 saturated heterocycles. The van der Waals surface area contributed by atoms with E-state index in [9.17, 15) is 4.79 Å². The minimum absolute atomic E-state index is 0.291. The number of nitrogens with zero attached hydrogens (tertiary/aromatic N) is 1. The van der Waals surface area contributed by atoms with Gasteiger partial charge in [0.25, 0.3) is 0 Å². The summed E-state index contributed by atoms with van der Waals surface area (Å²) in [6, 6.07) is 24.1. The van der Waals surface area contributed by atoms with Crippen LogP contribution in [0.25, 0.3) is 10.8 Å². The molecule has 4 rings (SSSR count). The largest absolute Gasteiger partial charge is 0.370 e. The van der Waals surface area contributed by atoms with Crippen LogP contribution in [0, 0.1) is 0 Å². The Morgan fingerprint density at radius 1 is 1.11 bits per heavy atom. The summed E-state index contributed by atoms with van der Waals surface area (Å²) >= 11 is 0. The number of hydrogen-bond donors (Lipinski definition) is 2. The van der Waals surface area contributed by atoms with Crippen molar-refractivity contribution in [1.82, 2.24) is 5.32 Å². The van der Waals surface area contributed by atoms with Gasteiger partial charge in [-0.15, -0.1) is 0 Å². The molecule has 4 nitrogen and oxygen atoms in total. The zero-order chi connectivity index (χ0) is 19.5. The Bertz CT molecular complexity index is 962. The molecule has 1 aliphatic heterocycles. The van der Waals surface area contributed by atoms with E-state index >= 15 is 0 Å². The van der Waals surface area contributed by atoms with Crippen LogP contribution >= 0.6 is 0 Å². The van der Waals surface area contributed by atoms with E-state index in [1.807, 2.05) is 12.1 Å². The first-order valence-electron chi connectivity index (χ1n) is 9.96. The van der Waals surface area contributed by atoms with Gasteiger partial charge in [-0.25, -0.2) is 0 Å². The highest BCUT2D eigenvalue weighted by molar-refractivity contribution is 5.86. The number of carbonyl (C=O) groups excluding carboxylic acids is 1. The summed E-state index contributed by atoms with van der Waals surface area (Å²) in [7, 11) is 0. The van der Waals surface area contributed by atoms with Crippen molar-refractivity contribution in [3.05, 3.63) is 77.9 Å². The molecule has 1 aliphatic rings. The molecule has 3 aromatic rings. The third kappa shape index (κ3) is 4.02. The minimum Gasteiger partial charge on any atom is -0.370 e. The van der Waals surface area contributed by atoms with Gasteiger partial charge < -0.3 is 16.0 Å². The van der Waals surface area contributed by atoms with Crippen LogP contribution in [0.1, 0.15) is 30.5 Å². The van der Waals surface area contributed by atoms with Crippen molar-refractivity contribution >= 4 is 22.4 Å². The lowest BCUT2D eigenvalue weighted by atomic mass is 9.99. The molecule has 28 heavy (non-hydrogen) atoms. The highest BCUT2D eigenvalue weighted by atomic mass is 16.1. The zero-order valence-corrected chi connectivity index (χ0v) is 16.3. The quantitative estimate of drug-likeness (QED) is 0.691. The second-order valence-electron chi connectivity index (χ2n) is 7.70. The van der Waals surface area contributed by atoms with Crippen LogP contribution < -0.4 is 16.0 Å². The lowest BCUT2D eigenvalue weighted by molar-refractivity contribution is -0.117. The van der Waals surface area contributed by atoms with E-state index in [1.54, 1.807) is 0 Å². The number of hydrogen-bond acceptors (Lipinski definition) is 3. The number of amides is 1. The van der Waals surface area contributed by atoms with Crippen LogP contribution in [0.5, 0.6) is 0 Å². The van der Waals surface area contributed by atoms with E-state index in [-0.39, 0.29) is 5.91 Å². The molecule has 0 saturated carbocycles. The Morgan fingerprint density at radius 2 is 1.86 bits per heavy atom. The fraction of sp³-hybridized carbons (Fsp3) is 0.292. The Hall–Kier alpha value is -2.85. The van der Waals surface area contributed by atoms with Crippen molar-refractivity contribution in [3.63, 3.8) is 0 Å². The Labute approximate surface area is 166 Å². The summed E-state index contributed by atoms with van der Waals surface area (Å²) in [5.41, 5.74) is 8.80. The Kier molecular flexibility index (Phi) is 5.31. The number of rotatable bonds is 6. The van der Waals surface area contributed by atoms with Crippen LogP contribution in [0.2, 0.25) is 0 Å². The van der Waals surface area contributed by atoms with Crippen molar-refractivity contribution in [2.45, 2.75) is 31.8 Å². The number of fused-ring (bicyclic) bond motifs is 1. The van der Waals surface area contributed by atoms with E-state index in [0.29, 0.717) is 18.5 Å². The Morgan fingerprint density at radius 3 is 2.64 bits per heavy atom. The van der Waals surface area contributed by atoms with Gasteiger partial charge in [0.1, 0.15) is 0 Å². The maximum absolute atomic E-state index is 11.1. The predicted octanol–water partition coefficient (Wildman–Crippen LogP) is 3.80. The molecule has 2 atom stereocenters. The summed E-state index contributed by atoms with van der Waals surface area (Å²) in [5.74, 6) is -0.291. The van der Waals surface area contributed by atoms with Crippen molar-refractivity contribution in [2.75, 3.05) is 18.0 Å². The second-order valence-corrected chi connectivity index (χ2v) is 7.70. The Balaban J connectivity index is 1.41. The van der Waals surface area contributed by atoms with Crippen molar-refractivity contribution in [1.29, 1.82) is 0 Å². The SMILES string of the molecule is C[C@@H](N[C@H]1CCN(c2ccc(CC(N)=O)cc2)C1)c1cccc2ccccc12. The van der Waals surface area contributed by atoms with E-state index in [1.165, 1.54) is 22.0 Å². The molecule has 3 N–H and O–H groups in total. The maximum Gasteiger partial charge on any atom is 0.221 e. The topological polar surface area (TPSA) is 58.4 Å². The minimum atomic E-state index is -0.291. The number of nitrogens with one attached hydrogen (secondary N) is 1. The first-order chi connectivity index (χ1) is 13.6. The van der Waals surface area contributed by atoms with Gasteiger partial charge in [-0.1, -0.05) is 54.6 Å². The van der Waals surface area contributed by atoms with Crippen molar-refractivity contribution in [3.8, 4) is 0 Å². The molecule has 0 radical (unpaired) electrons. The second kappa shape index (κ2) is 8.03. The molecule has 0 unspecified atom stereocenters. The lowest BCUT2D eigenvalue weighted by Crippen LogP contribution is -2.34. The number of anilines is 1. The third-order valence-corrected chi connectivity index (χ3v) is 5.64. The van der Waals surface area contributed by atoms with Gasteiger partial charge in [0.2, 0.25) is 5.91 Å². The number of benzene rings is 3. The fourth-order valence-corrected chi connectivity index (χ4v) is 4.23. The smallest absolute Gasteiger partial charge is 0.221 e. The molecule has 144 valence electrons. The van der Waals surface area contributed by atoms with Gasteiger partial charge >= 0.3 is 0 Å². The van der Waals surface area contributed by atoms with Gasteiger partial charge in [0.05, 0.1) is 6.42 Å². The van der Waals surface area contributed by atoms with Crippen LogP contribution in [0.3, 0.4) is 0 Å². The predicted molar refractivity (Wildman–Crippen MR) is 115 cm³/mol. The van der Waals surface area contributed by atoms with Gasteiger partial charge in [0.15, 0.2) is 0 Å². The van der Waals surface area contributed by atoms with E-state index in [2.05, 4.69) is 71.7 Å². The molecule has 0 aromatic heterocycles. The third-order valence-electron chi connectivity index (χ3n) is 5.64. The van der Waals surface area contributed by atoms with Crippen molar-refractivity contribution in [2.24, 2.45) is 5.73 Å². The number of primary amides is 1. The molecule has 0 aliphatic carbocycles. The number of nitrogens with two attached hydrogens (primary N) is 1. The number of carbonyl (C=O) groups is 1. The van der Waals surface area contributed by atoms with Crippen LogP contribution in [0.4, 0.5) is 5.69 Å². The molecule has 3 aromatic carbocycles. The van der Waals surface area contributed by atoms with Crippen molar-refractivity contribution < 1.29 is 4.79 Å². The van der Waals surface area contributed by atoms with E-state index in [0.717, 1.165) is 25.1 Å². The molecule has 1 amide bonds. The van der Waals surface area contributed by atoms with E-state index < -0.39 is 0 Å². The lowest BCUT2D eigenvalue weighted by Gasteiger charge is -2.23. The zero-order valence-electron chi connectivity index (χ0n) is 16.3. The molecular weight excluding hydrogens is 346 g/mol. The van der Waals surface area contributed by atoms with Crippen LogP contribution in [-0.4, -0.2) is 25.0 Å². The van der Waals surface area contributed by atoms with Gasteiger partial charge in [0, 0.05) is 30.9 Å². The summed E-state index contributed by atoms with van der Waals surface area (Å²) in [6.07, 6.45) is 1.42. The molecule has 0 spiro atoms. The normalized spacial score (nSPS) is 17.8. The van der Waals surface area contributed by atoms with Gasteiger partial charge in [-0.3, -0.25) is 4.79 Å². The molecule has 1 heterocycles. The van der Waals surface area contributed by atoms with E-state index in [4.69, 9.17) is 5.73 Å². The first kappa shape index (κ1) is 18.5. The standard InChI is InChI=1S/C24H27N3O/c1-17(22-8-4-6-19-5-2-3-7-23(19)22)26-20-13-14-27(16-20)21-11-9-18(10-12-21)15-24(25)28/h2-12,17,20,26H,13-16H2,1H3,(H2,25,28)/t17-,20+/m1/s1. The average Bonchev–Trinajstić information content (AvgIpc) is 3.16. The first-order valence-corrected chi connectivity index (χ1v) is 9.96. The summed E-state index contributed by atoms with van der Waals surface area (Å²) in [6.45, 7) is 4.28. The molecule has 1 fully saturated rings. The van der Waals surface area contributed by atoms with Gasteiger partial charge in [-0.2, -0.15) is 0 Å². The summed E-state index contributed by atoms with van der Waals surface area (Å²) in [4.78, 5) is 13.5. The van der Waals surface area contributed by atoms with Gasteiger partial charge in [-0.05, 0) is 47.4 Å². The van der Waals surface area contributed by atoms with Crippen LogP contribution in [0.15, 0.2) is 66.7 Å². The maximum atomic E-state index is 11.1. The monoisotopic (exact) mass is 373 g/mol. The summed E-state index contributed by atoms with van der Waals surface area (Å²) in [5, 5.41) is 6.44.